The molecular formula is C23H35NO8. The van der Waals surface area contributed by atoms with Gasteiger partial charge in [-0.3, -0.25) is 0 Å². The van der Waals surface area contributed by atoms with Crippen LogP contribution in [0.1, 0.15) is 46.5 Å². The summed E-state index contributed by atoms with van der Waals surface area (Å²) in [6.07, 6.45) is 2.13. The molecule has 1 amide bonds. The monoisotopic (exact) mass is 453 g/mol. The minimum absolute atomic E-state index is 0.0306. The van der Waals surface area contributed by atoms with Crippen LogP contribution < -0.4 is 0 Å². The van der Waals surface area contributed by atoms with Gasteiger partial charge in [0.15, 0.2) is 6.10 Å². The van der Waals surface area contributed by atoms with Crippen LogP contribution in [0, 0.1) is 11.8 Å². The molecule has 1 spiro atoms. The van der Waals surface area contributed by atoms with Gasteiger partial charge >= 0.3 is 12.1 Å². The first kappa shape index (κ1) is 23.5. The molecule has 7 atom stereocenters. The zero-order valence-electron chi connectivity index (χ0n) is 19.3. The summed E-state index contributed by atoms with van der Waals surface area (Å²) in [5.74, 6) is -1.31. The number of hydrogen-bond acceptors (Lipinski definition) is 7. The maximum absolute atomic E-state index is 12.7. The summed E-state index contributed by atoms with van der Waals surface area (Å²) in [4.78, 5) is 25.1. The average molecular weight is 454 g/mol. The number of allylic oxidation sites excluding steroid dienone is 1. The summed E-state index contributed by atoms with van der Waals surface area (Å²) >= 11 is 0. The van der Waals surface area contributed by atoms with Gasteiger partial charge in [-0.15, -0.1) is 0 Å². The topological polar surface area (TPSA) is 121 Å². The van der Waals surface area contributed by atoms with Crippen LogP contribution in [0.3, 0.4) is 0 Å². The number of nitrogens with zero attached hydrogens (tertiary/aromatic N) is 1. The first-order chi connectivity index (χ1) is 15.1. The number of likely N-dealkylation sites (tertiary alicyclic amines) is 1. The Bertz CT molecular complexity index is 770. The van der Waals surface area contributed by atoms with Gasteiger partial charge in [0.25, 0.3) is 0 Å². The van der Waals surface area contributed by atoms with Crippen LogP contribution in [-0.2, 0) is 23.7 Å². The molecule has 1 unspecified atom stereocenters. The van der Waals surface area contributed by atoms with Crippen molar-refractivity contribution in [1.29, 1.82) is 0 Å². The Morgan fingerprint density at radius 3 is 2.56 bits per heavy atom. The molecule has 9 nitrogen and oxygen atoms in total. The molecule has 4 fully saturated rings. The first-order valence-corrected chi connectivity index (χ1v) is 11.4. The fourth-order valence-corrected chi connectivity index (χ4v) is 5.56. The van der Waals surface area contributed by atoms with E-state index in [-0.39, 0.29) is 41.7 Å². The van der Waals surface area contributed by atoms with Gasteiger partial charge in [0.1, 0.15) is 23.4 Å². The van der Waals surface area contributed by atoms with Crippen molar-refractivity contribution in [3.8, 4) is 0 Å². The molecule has 1 aliphatic carbocycles. The molecule has 0 aromatic rings. The number of aliphatic hydroxyl groups is 1. The largest absolute Gasteiger partial charge is 0.479 e. The van der Waals surface area contributed by atoms with Crippen molar-refractivity contribution in [1.82, 2.24) is 4.90 Å². The Morgan fingerprint density at radius 2 is 2.00 bits per heavy atom. The van der Waals surface area contributed by atoms with Crippen molar-refractivity contribution in [2.75, 3.05) is 26.8 Å². The van der Waals surface area contributed by atoms with Crippen LogP contribution in [-0.4, -0.2) is 89.6 Å². The lowest BCUT2D eigenvalue weighted by molar-refractivity contribution is -0.148. The molecule has 32 heavy (non-hydrogen) atoms. The van der Waals surface area contributed by atoms with E-state index in [1.165, 1.54) is 5.57 Å². The van der Waals surface area contributed by atoms with Crippen molar-refractivity contribution in [2.45, 2.75) is 82.1 Å². The number of ether oxygens (including phenoxy) is 4. The predicted molar refractivity (Wildman–Crippen MR) is 113 cm³/mol. The summed E-state index contributed by atoms with van der Waals surface area (Å²) in [7, 11) is 1.64. The van der Waals surface area contributed by atoms with E-state index >= 15 is 0 Å². The molecule has 180 valence electrons. The quantitative estimate of drug-likeness (QED) is 0.423. The number of epoxide rings is 2. The molecule has 0 bridgehead atoms. The molecule has 9 heteroatoms. The van der Waals surface area contributed by atoms with Gasteiger partial charge in [-0.25, -0.2) is 9.59 Å². The summed E-state index contributed by atoms with van der Waals surface area (Å²) in [5, 5.41) is 18.3. The lowest BCUT2D eigenvalue weighted by Crippen LogP contribution is -2.57. The molecule has 0 radical (unpaired) electrons. The second kappa shape index (κ2) is 8.59. The number of aliphatic carboxylic acids is 1. The maximum atomic E-state index is 12.7. The van der Waals surface area contributed by atoms with E-state index in [0.717, 1.165) is 12.8 Å². The number of methoxy groups -OCH3 is 1. The third-order valence-electron chi connectivity index (χ3n) is 7.55. The minimum Gasteiger partial charge on any atom is -0.479 e. The van der Waals surface area contributed by atoms with E-state index in [1.807, 2.05) is 0 Å². The van der Waals surface area contributed by atoms with Gasteiger partial charge in [0.05, 0.1) is 18.6 Å². The number of carboxylic acids is 1. The second-order valence-electron chi connectivity index (χ2n) is 10.2. The number of carbonyl (C=O) groups excluding carboxylic acids is 1. The molecule has 3 aliphatic heterocycles. The minimum atomic E-state index is -1.40. The van der Waals surface area contributed by atoms with Crippen LogP contribution in [0.4, 0.5) is 4.79 Å². The lowest BCUT2D eigenvalue weighted by Gasteiger charge is -2.44. The van der Waals surface area contributed by atoms with Crippen molar-refractivity contribution in [3.05, 3.63) is 11.6 Å². The smallest absolute Gasteiger partial charge is 0.410 e. The Morgan fingerprint density at radius 1 is 1.31 bits per heavy atom. The standard InChI is InChI=1S/C23H35NO8/c1-13(2)5-6-17-22(3,32-17)19-18(29-4)16(7-8-23(19)12-30-23)31-21(28)24-10-14(11-24)9-15(25)20(26)27/h5,14-19,25H,6-12H2,1-4H3,(H,26,27)/t15?,16-,17-,18-,19-,22+,23+/m1/s1. The first-order valence-electron chi connectivity index (χ1n) is 11.4. The van der Waals surface area contributed by atoms with Crippen LogP contribution in [0.5, 0.6) is 0 Å². The lowest BCUT2D eigenvalue weighted by atomic mass is 9.68. The van der Waals surface area contributed by atoms with Gasteiger partial charge in [-0.05, 0) is 52.4 Å². The van der Waals surface area contributed by atoms with Crippen molar-refractivity contribution >= 4 is 12.1 Å². The Labute approximate surface area is 188 Å². The third-order valence-corrected chi connectivity index (χ3v) is 7.55. The fourth-order valence-electron chi connectivity index (χ4n) is 5.56. The van der Waals surface area contributed by atoms with E-state index in [4.69, 9.17) is 24.1 Å². The van der Waals surface area contributed by atoms with Crippen LogP contribution >= 0.6 is 0 Å². The Kier molecular flexibility index (Phi) is 6.30. The maximum Gasteiger partial charge on any atom is 0.410 e. The molecule has 3 heterocycles. The Balaban J connectivity index is 1.37. The fraction of sp³-hybridized carbons (Fsp3) is 0.826. The van der Waals surface area contributed by atoms with Crippen LogP contribution in [0.25, 0.3) is 0 Å². The van der Waals surface area contributed by atoms with E-state index in [9.17, 15) is 14.7 Å². The SMILES string of the molecule is CO[C@@H]1[C@H](OC(=O)N2CC(CC(O)C(=O)O)C2)CC[C@]2(CO2)[C@H]1[C@@]1(C)O[C@@H]1CC=C(C)C. The molecule has 4 aliphatic rings. The summed E-state index contributed by atoms with van der Waals surface area (Å²) < 4.78 is 23.9. The van der Waals surface area contributed by atoms with E-state index in [1.54, 1.807) is 12.0 Å². The van der Waals surface area contributed by atoms with Gasteiger partial charge < -0.3 is 34.1 Å². The zero-order chi connectivity index (χ0) is 23.3. The molecule has 0 aromatic carbocycles. The summed E-state index contributed by atoms with van der Waals surface area (Å²) in [6, 6.07) is 0. The molecular weight excluding hydrogens is 418 g/mol. The van der Waals surface area contributed by atoms with E-state index < -0.39 is 24.3 Å². The average Bonchev–Trinajstić information content (AvgIpc) is 3.61. The van der Waals surface area contributed by atoms with E-state index in [2.05, 4.69) is 26.8 Å². The molecule has 0 aromatic heterocycles. The number of carboxylic acid groups (broad SMARTS) is 1. The number of aliphatic hydroxyl groups excluding tert-OH is 1. The summed E-state index contributed by atoms with van der Waals surface area (Å²) in [6.45, 7) is 7.69. The zero-order valence-corrected chi connectivity index (χ0v) is 19.3. The van der Waals surface area contributed by atoms with Crippen molar-refractivity contribution in [3.63, 3.8) is 0 Å². The van der Waals surface area contributed by atoms with Crippen molar-refractivity contribution in [2.24, 2.45) is 11.8 Å². The van der Waals surface area contributed by atoms with Crippen molar-refractivity contribution < 1.29 is 38.7 Å². The number of amides is 1. The van der Waals surface area contributed by atoms with Crippen LogP contribution in [0.2, 0.25) is 0 Å². The molecule has 3 saturated heterocycles. The third kappa shape index (κ3) is 4.40. The van der Waals surface area contributed by atoms with Gasteiger partial charge in [0, 0.05) is 20.2 Å². The molecule has 2 N–H and O–H groups in total. The van der Waals surface area contributed by atoms with Gasteiger partial charge in [0.2, 0.25) is 0 Å². The van der Waals surface area contributed by atoms with Gasteiger partial charge in [-0.1, -0.05) is 11.6 Å². The van der Waals surface area contributed by atoms with E-state index in [0.29, 0.717) is 26.1 Å². The Hall–Kier alpha value is -1.68. The number of rotatable bonds is 8. The van der Waals surface area contributed by atoms with Gasteiger partial charge in [-0.2, -0.15) is 0 Å². The predicted octanol–water partition coefficient (Wildman–Crippen LogP) is 1.97. The normalized spacial score (nSPS) is 39.2. The highest BCUT2D eigenvalue weighted by molar-refractivity contribution is 5.72. The molecule has 1 saturated carbocycles. The van der Waals surface area contributed by atoms with Crippen LogP contribution in [0.15, 0.2) is 11.6 Å². The highest BCUT2D eigenvalue weighted by Crippen LogP contribution is 2.59. The molecule has 4 rings (SSSR count). The second-order valence-corrected chi connectivity index (χ2v) is 10.2. The number of hydrogen-bond donors (Lipinski definition) is 2. The summed E-state index contributed by atoms with van der Waals surface area (Å²) in [5.41, 5.74) is 0.596. The number of carbonyl (C=O) groups is 2. The highest BCUT2D eigenvalue weighted by Gasteiger charge is 2.72. The highest BCUT2D eigenvalue weighted by atomic mass is 16.6.